The quantitative estimate of drug-likeness (QED) is 0.739. The minimum absolute atomic E-state index is 0.190. The first-order valence-corrected chi connectivity index (χ1v) is 6.49. The van der Waals surface area contributed by atoms with Crippen LogP contribution in [0.1, 0.15) is 11.3 Å². The van der Waals surface area contributed by atoms with Crippen molar-refractivity contribution in [2.75, 3.05) is 6.54 Å². The number of furan rings is 1. The van der Waals surface area contributed by atoms with E-state index in [-0.39, 0.29) is 11.7 Å². The van der Waals surface area contributed by atoms with Gasteiger partial charge in [0.05, 0.1) is 12.3 Å². The van der Waals surface area contributed by atoms with Gasteiger partial charge in [0, 0.05) is 13.0 Å². The average Bonchev–Trinajstić information content (AvgIpc) is 2.94. The molecule has 0 aliphatic heterocycles. The third-order valence-corrected chi connectivity index (χ3v) is 2.98. The van der Waals surface area contributed by atoms with E-state index in [0.717, 1.165) is 11.3 Å². The monoisotopic (exact) mass is 274 g/mol. The lowest BCUT2D eigenvalue weighted by molar-refractivity contribution is -0.122. The van der Waals surface area contributed by atoms with E-state index < -0.39 is 6.04 Å². The molecule has 2 rings (SSSR count). The van der Waals surface area contributed by atoms with Crippen LogP contribution < -0.4 is 11.1 Å². The van der Waals surface area contributed by atoms with Crippen molar-refractivity contribution in [2.24, 2.45) is 5.73 Å². The maximum Gasteiger partial charge on any atom is 0.237 e. The van der Waals surface area contributed by atoms with E-state index in [0.29, 0.717) is 19.4 Å². The van der Waals surface area contributed by atoms with E-state index in [9.17, 15) is 9.90 Å². The highest BCUT2D eigenvalue weighted by atomic mass is 16.3. The van der Waals surface area contributed by atoms with Gasteiger partial charge in [-0.15, -0.1) is 0 Å². The Morgan fingerprint density at radius 3 is 2.70 bits per heavy atom. The molecule has 20 heavy (non-hydrogen) atoms. The summed E-state index contributed by atoms with van der Waals surface area (Å²) in [5, 5.41) is 12.0. The van der Waals surface area contributed by atoms with Gasteiger partial charge in [0.15, 0.2) is 0 Å². The van der Waals surface area contributed by atoms with Crippen molar-refractivity contribution in [3.05, 3.63) is 54.0 Å². The fourth-order valence-corrected chi connectivity index (χ4v) is 1.87. The first-order valence-electron chi connectivity index (χ1n) is 6.49. The highest BCUT2D eigenvalue weighted by Gasteiger charge is 2.13. The SMILES string of the molecule is N[C@H](Cc1ccc(O)cc1)C(=O)NCCc1ccco1. The number of rotatable bonds is 6. The Morgan fingerprint density at radius 2 is 2.05 bits per heavy atom. The van der Waals surface area contributed by atoms with Gasteiger partial charge < -0.3 is 20.6 Å². The summed E-state index contributed by atoms with van der Waals surface area (Å²) in [7, 11) is 0. The second kappa shape index (κ2) is 6.77. The zero-order valence-electron chi connectivity index (χ0n) is 11.1. The van der Waals surface area contributed by atoms with E-state index >= 15 is 0 Å². The maximum absolute atomic E-state index is 11.8. The number of benzene rings is 1. The van der Waals surface area contributed by atoms with E-state index in [2.05, 4.69) is 5.32 Å². The average molecular weight is 274 g/mol. The van der Waals surface area contributed by atoms with Crippen LogP contribution in [0.3, 0.4) is 0 Å². The molecule has 106 valence electrons. The standard InChI is InChI=1S/C15H18N2O3/c16-14(10-11-3-5-12(18)6-4-11)15(19)17-8-7-13-2-1-9-20-13/h1-6,9,14,18H,7-8,10,16H2,(H,17,19)/t14-/m1/s1. The van der Waals surface area contributed by atoms with E-state index in [1.54, 1.807) is 30.5 Å². The summed E-state index contributed by atoms with van der Waals surface area (Å²) in [6.45, 7) is 0.496. The molecule has 5 heteroatoms. The van der Waals surface area contributed by atoms with Crippen LogP contribution in [0.5, 0.6) is 5.75 Å². The molecular formula is C15H18N2O3. The summed E-state index contributed by atoms with van der Waals surface area (Å²) < 4.78 is 5.18. The molecule has 0 aliphatic rings. The lowest BCUT2D eigenvalue weighted by atomic mass is 10.1. The zero-order chi connectivity index (χ0) is 14.4. The Morgan fingerprint density at radius 1 is 1.30 bits per heavy atom. The molecule has 0 spiro atoms. The summed E-state index contributed by atoms with van der Waals surface area (Å²) in [6, 6.07) is 9.75. The van der Waals surface area contributed by atoms with Crippen molar-refractivity contribution >= 4 is 5.91 Å². The number of nitrogens with two attached hydrogens (primary N) is 1. The van der Waals surface area contributed by atoms with Crippen molar-refractivity contribution in [2.45, 2.75) is 18.9 Å². The number of carbonyl (C=O) groups excluding carboxylic acids is 1. The van der Waals surface area contributed by atoms with Crippen LogP contribution in [-0.2, 0) is 17.6 Å². The maximum atomic E-state index is 11.8. The fraction of sp³-hybridized carbons (Fsp3) is 0.267. The topological polar surface area (TPSA) is 88.5 Å². The van der Waals surface area contributed by atoms with Crippen LogP contribution in [0, 0.1) is 0 Å². The van der Waals surface area contributed by atoms with Crippen molar-refractivity contribution in [1.82, 2.24) is 5.32 Å². The molecule has 1 amide bonds. The molecule has 0 bridgehead atoms. The van der Waals surface area contributed by atoms with Crippen molar-refractivity contribution in [3.8, 4) is 5.75 Å². The number of hydrogen-bond donors (Lipinski definition) is 3. The normalized spacial score (nSPS) is 12.1. The van der Waals surface area contributed by atoms with Crippen molar-refractivity contribution in [1.29, 1.82) is 0 Å². The fourth-order valence-electron chi connectivity index (χ4n) is 1.87. The van der Waals surface area contributed by atoms with Crippen LogP contribution in [0.25, 0.3) is 0 Å². The minimum Gasteiger partial charge on any atom is -0.508 e. The molecule has 1 heterocycles. The van der Waals surface area contributed by atoms with Gasteiger partial charge in [-0.25, -0.2) is 0 Å². The van der Waals surface area contributed by atoms with Gasteiger partial charge in [-0.3, -0.25) is 4.79 Å². The summed E-state index contributed by atoms with van der Waals surface area (Å²) in [6.07, 6.45) is 2.69. The molecule has 1 aromatic heterocycles. The lowest BCUT2D eigenvalue weighted by Crippen LogP contribution is -2.42. The summed E-state index contributed by atoms with van der Waals surface area (Å²) in [4.78, 5) is 11.8. The smallest absolute Gasteiger partial charge is 0.237 e. The number of phenols is 1. The van der Waals surface area contributed by atoms with Crippen LogP contribution >= 0.6 is 0 Å². The zero-order valence-corrected chi connectivity index (χ0v) is 11.1. The van der Waals surface area contributed by atoms with Crippen LogP contribution in [-0.4, -0.2) is 23.6 Å². The second-order valence-electron chi connectivity index (χ2n) is 4.60. The van der Waals surface area contributed by atoms with Gasteiger partial charge in [0.25, 0.3) is 0 Å². The first-order chi connectivity index (χ1) is 9.65. The van der Waals surface area contributed by atoms with Crippen molar-refractivity contribution < 1.29 is 14.3 Å². The molecule has 0 unspecified atom stereocenters. The molecule has 2 aromatic rings. The van der Waals surface area contributed by atoms with E-state index in [1.807, 2.05) is 12.1 Å². The number of nitrogens with one attached hydrogen (secondary N) is 1. The number of amides is 1. The predicted molar refractivity (Wildman–Crippen MR) is 75.2 cm³/mol. The van der Waals surface area contributed by atoms with Crippen LogP contribution in [0.2, 0.25) is 0 Å². The Labute approximate surface area is 117 Å². The molecule has 0 saturated carbocycles. The van der Waals surface area contributed by atoms with Gasteiger partial charge >= 0.3 is 0 Å². The lowest BCUT2D eigenvalue weighted by Gasteiger charge is -2.12. The third-order valence-electron chi connectivity index (χ3n) is 2.98. The molecule has 0 saturated heterocycles. The molecule has 0 fully saturated rings. The summed E-state index contributed by atoms with van der Waals surface area (Å²) in [5.41, 5.74) is 6.76. The van der Waals surface area contributed by atoms with Gasteiger partial charge in [0.2, 0.25) is 5.91 Å². The number of aromatic hydroxyl groups is 1. The Bertz CT molecular complexity index is 535. The van der Waals surface area contributed by atoms with E-state index in [4.69, 9.17) is 10.2 Å². The molecule has 4 N–H and O–H groups in total. The third kappa shape index (κ3) is 4.13. The van der Waals surface area contributed by atoms with E-state index in [1.165, 1.54) is 0 Å². The Hall–Kier alpha value is -2.27. The number of phenolic OH excluding ortho intramolecular Hbond substituents is 1. The van der Waals surface area contributed by atoms with Crippen LogP contribution in [0.15, 0.2) is 47.1 Å². The van der Waals surface area contributed by atoms with Gasteiger partial charge in [-0.05, 0) is 36.2 Å². The largest absolute Gasteiger partial charge is 0.508 e. The van der Waals surface area contributed by atoms with Crippen LogP contribution in [0.4, 0.5) is 0 Å². The number of hydrogen-bond acceptors (Lipinski definition) is 4. The number of carbonyl (C=O) groups is 1. The molecule has 0 aliphatic carbocycles. The Kier molecular flexibility index (Phi) is 4.79. The molecular weight excluding hydrogens is 256 g/mol. The molecule has 1 atom stereocenters. The molecule has 1 aromatic carbocycles. The van der Waals surface area contributed by atoms with Gasteiger partial charge in [-0.2, -0.15) is 0 Å². The predicted octanol–water partition coefficient (Wildman–Crippen LogP) is 1.21. The first kappa shape index (κ1) is 14.1. The van der Waals surface area contributed by atoms with Crippen molar-refractivity contribution in [3.63, 3.8) is 0 Å². The minimum atomic E-state index is -0.601. The Balaban J connectivity index is 1.75. The summed E-state index contributed by atoms with van der Waals surface area (Å²) in [5.74, 6) is 0.840. The van der Waals surface area contributed by atoms with Gasteiger partial charge in [-0.1, -0.05) is 12.1 Å². The molecule has 0 radical (unpaired) electrons. The van der Waals surface area contributed by atoms with Gasteiger partial charge in [0.1, 0.15) is 11.5 Å². The highest BCUT2D eigenvalue weighted by Crippen LogP contribution is 2.10. The second-order valence-corrected chi connectivity index (χ2v) is 4.60. The highest BCUT2D eigenvalue weighted by molar-refractivity contribution is 5.81. The molecule has 5 nitrogen and oxygen atoms in total. The summed E-state index contributed by atoms with van der Waals surface area (Å²) >= 11 is 0.